The molecule has 13 heteroatoms. The average molecular weight is 484 g/mol. The van der Waals surface area contributed by atoms with E-state index in [2.05, 4.69) is 10.1 Å². The predicted molar refractivity (Wildman–Crippen MR) is 112 cm³/mol. The highest BCUT2D eigenvalue weighted by molar-refractivity contribution is 7.79. The number of alkyl halides is 3. The Kier molecular flexibility index (Phi) is 6.58. The molecule has 1 aliphatic heterocycles. The van der Waals surface area contributed by atoms with Crippen molar-refractivity contribution in [3.05, 3.63) is 65.7 Å². The lowest BCUT2D eigenvalue weighted by atomic mass is 10.0. The van der Waals surface area contributed by atoms with Gasteiger partial charge in [-0.1, -0.05) is 0 Å². The van der Waals surface area contributed by atoms with Crippen LogP contribution in [0.5, 0.6) is 0 Å². The first-order chi connectivity index (χ1) is 15.3. The molecule has 0 saturated carbocycles. The molecule has 0 unspecified atom stereocenters. The maximum Gasteiger partial charge on any atom is 0.416 e. The van der Waals surface area contributed by atoms with Crippen LogP contribution in [0.15, 0.2) is 48.8 Å². The summed E-state index contributed by atoms with van der Waals surface area (Å²) in [5.74, 6) is -0.292. The van der Waals surface area contributed by atoms with Gasteiger partial charge in [-0.2, -0.15) is 26.7 Å². The third-order valence-electron chi connectivity index (χ3n) is 4.82. The van der Waals surface area contributed by atoms with Gasteiger partial charge in [-0.3, -0.25) is 23.6 Å². The zero-order valence-corrected chi connectivity index (χ0v) is 18.2. The number of pyridine rings is 1. The second kappa shape index (κ2) is 8.92. The molecular weight excluding hydrogens is 465 g/mol. The van der Waals surface area contributed by atoms with E-state index in [0.29, 0.717) is 23.5 Å². The number of aryl methyl sites for hydroxylation is 1. The van der Waals surface area contributed by atoms with E-state index in [1.54, 1.807) is 23.1 Å². The van der Waals surface area contributed by atoms with Crippen LogP contribution in [0.3, 0.4) is 0 Å². The minimum Gasteiger partial charge on any atom is -0.305 e. The Morgan fingerprint density at radius 2 is 1.73 bits per heavy atom. The normalized spacial score (nSPS) is 16.2. The van der Waals surface area contributed by atoms with E-state index < -0.39 is 22.1 Å². The lowest BCUT2D eigenvalue weighted by Gasteiger charge is -2.32. The number of rotatable bonds is 2. The van der Waals surface area contributed by atoms with Crippen molar-refractivity contribution in [3.8, 4) is 11.1 Å². The molecule has 0 spiro atoms. The first-order valence-electron chi connectivity index (χ1n) is 9.45. The summed E-state index contributed by atoms with van der Waals surface area (Å²) in [4.78, 5) is 18.9. The number of benzene rings is 1. The van der Waals surface area contributed by atoms with Crippen molar-refractivity contribution in [2.75, 3.05) is 11.4 Å². The maximum absolute atomic E-state index is 13.2. The summed E-state index contributed by atoms with van der Waals surface area (Å²) in [5.41, 5.74) is 2.42. The van der Waals surface area contributed by atoms with Crippen LogP contribution in [0.25, 0.3) is 11.1 Å². The van der Waals surface area contributed by atoms with Crippen LogP contribution < -0.4 is 4.90 Å². The van der Waals surface area contributed by atoms with Crippen molar-refractivity contribution in [3.63, 3.8) is 0 Å². The van der Waals surface area contributed by atoms with Crippen LogP contribution in [0.1, 0.15) is 34.7 Å². The van der Waals surface area contributed by atoms with Crippen molar-refractivity contribution < 1.29 is 35.5 Å². The summed E-state index contributed by atoms with van der Waals surface area (Å²) in [6, 6.07) is 8.20. The van der Waals surface area contributed by atoms with Crippen LogP contribution >= 0.6 is 0 Å². The number of aromatic nitrogens is 3. The van der Waals surface area contributed by atoms with Gasteiger partial charge < -0.3 is 4.90 Å². The molecule has 1 atom stereocenters. The molecule has 33 heavy (non-hydrogen) atoms. The minimum atomic E-state index is -4.67. The van der Waals surface area contributed by atoms with E-state index in [1.165, 1.54) is 17.0 Å². The Morgan fingerprint density at radius 3 is 2.27 bits per heavy atom. The molecule has 3 heterocycles. The van der Waals surface area contributed by atoms with Gasteiger partial charge in [0.25, 0.3) is 5.91 Å². The second-order valence-corrected chi connectivity index (χ2v) is 8.19. The number of carbonyl (C=O) groups excluding carboxylic acids is 1. The van der Waals surface area contributed by atoms with Gasteiger partial charge in [-0.05, 0) is 55.8 Å². The molecule has 2 aromatic heterocycles. The molecule has 1 aromatic carbocycles. The lowest BCUT2D eigenvalue weighted by Crippen LogP contribution is -2.42. The Bertz CT molecular complexity index is 1270. The molecule has 0 aliphatic carbocycles. The number of nitrogens with zero attached hydrogens (tertiary/aromatic N) is 4. The lowest BCUT2D eigenvalue weighted by molar-refractivity contribution is -0.137. The van der Waals surface area contributed by atoms with E-state index in [4.69, 9.17) is 17.5 Å². The fourth-order valence-corrected chi connectivity index (χ4v) is 3.44. The fourth-order valence-electron chi connectivity index (χ4n) is 3.44. The summed E-state index contributed by atoms with van der Waals surface area (Å²) in [5, 5.41) is 4.37. The molecule has 2 N–H and O–H groups in total. The van der Waals surface area contributed by atoms with Crippen molar-refractivity contribution in [2.24, 2.45) is 0 Å². The molecule has 176 valence electrons. The summed E-state index contributed by atoms with van der Waals surface area (Å²) >= 11 is 0. The molecule has 9 nitrogen and oxygen atoms in total. The van der Waals surface area contributed by atoms with E-state index in [1.807, 2.05) is 19.9 Å². The monoisotopic (exact) mass is 484 g/mol. The summed E-state index contributed by atoms with van der Waals surface area (Å²) in [6.45, 7) is 4.10. The number of carbonyl (C=O) groups is 1. The third kappa shape index (κ3) is 5.74. The van der Waals surface area contributed by atoms with Gasteiger partial charge >= 0.3 is 16.6 Å². The zero-order valence-electron chi connectivity index (χ0n) is 17.4. The smallest absolute Gasteiger partial charge is 0.305 e. The number of hydrogen-bond donors (Lipinski definition) is 2. The first kappa shape index (κ1) is 24.4. The fraction of sp³-hybridized carbons (Fsp3) is 0.250. The molecule has 0 fully saturated rings. The largest absolute Gasteiger partial charge is 0.416 e. The molecule has 0 saturated heterocycles. The average Bonchev–Trinajstić information content (AvgIpc) is 3.15. The predicted octanol–water partition coefficient (Wildman–Crippen LogP) is 3.84. The van der Waals surface area contributed by atoms with E-state index in [9.17, 15) is 18.0 Å². The number of fused-ring (bicyclic) bond motifs is 1. The van der Waals surface area contributed by atoms with Crippen molar-refractivity contribution in [1.82, 2.24) is 14.8 Å². The van der Waals surface area contributed by atoms with E-state index >= 15 is 0 Å². The Balaban J connectivity index is 0.000000555. The second-order valence-electron chi connectivity index (χ2n) is 7.29. The first-order valence-corrected chi connectivity index (χ1v) is 10.8. The van der Waals surface area contributed by atoms with Gasteiger partial charge in [0, 0.05) is 29.7 Å². The summed E-state index contributed by atoms with van der Waals surface area (Å²) in [7, 11) is -4.67. The van der Waals surface area contributed by atoms with Crippen molar-refractivity contribution >= 4 is 22.0 Å². The van der Waals surface area contributed by atoms with E-state index in [0.717, 1.165) is 23.4 Å². The number of hydrogen-bond acceptors (Lipinski definition) is 5. The van der Waals surface area contributed by atoms with E-state index in [-0.39, 0.29) is 11.9 Å². The van der Waals surface area contributed by atoms with Crippen molar-refractivity contribution in [1.29, 1.82) is 0 Å². The third-order valence-corrected chi connectivity index (χ3v) is 4.82. The topological polar surface area (TPSA) is 126 Å². The van der Waals surface area contributed by atoms with Gasteiger partial charge in [-0.15, -0.1) is 0 Å². The molecule has 0 bridgehead atoms. The van der Waals surface area contributed by atoms with Gasteiger partial charge in [0.05, 0.1) is 17.8 Å². The Labute approximate surface area is 187 Å². The highest BCUT2D eigenvalue weighted by atomic mass is 32.3. The minimum absolute atomic E-state index is 0.119. The molecule has 1 aliphatic rings. The van der Waals surface area contributed by atoms with Crippen LogP contribution in [-0.2, 0) is 16.6 Å². The SMILES string of the molecule is Cc1cc(-c2cnn3c2C(=O)N(c2ccc(C(F)(F)F)cc2)C[C@@H]3C)ccn1.O=S(=O)(O)O. The number of anilines is 1. The molecular formula is C20H19F3N4O5S. The van der Waals surface area contributed by atoms with Gasteiger partial charge in [-0.25, -0.2) is 0 Å². The zero-order chi connectivity index (χ0) is 24.6. The van der Waals surface area contributed by atoms with Gasteiger partial charge in [0.1, 0.15) is 5.69 Å². The maximum atomic E-state index is 13.2. The van der Waals surface area contributed by atoms with Crippen LogP contribution in [0.4, 0.5) is 18.9 Å². The van der Waals surface area contributed by atoms with Gasteiger partial charge in [0.15, 0.2) is 0 Å². The van der Waals surface area contributed by atoms with Crippen LogP contribution in [-0.4, -0.2) is 44.7 Å². The molecule has 4 rings (SSSR count). The van der Waals surface area contributed by atoms with Crippen LogP contribution in [0.2, 0.25) is 0 Å². The molecule has 3 aromatic rings. The van der Waals surface area contributed by atoms with Crippen molar-refractivity contribution in [2.45, 2.75) is 26.1 Å². The molecule has 1 amide bonds. The highest BCUT2D eigenvalue weighted by Crippen LogP contribution is 2.34. The standard InChI is InChI=1S/C20H17F3N4O.H2O4S/c1-12-9-14(7-8-24-12)17-10-25-27-13(2)11-26(19(28)18(17)27)16-5-3-15(4-6-16)20(21,22)23;1-5(2,3)4/h3-10,13H,11H2,1-2H3;(H2,1,2,3,4)/t13-;/m0./s1. The highest BCUT2D eigenvalue weighted by Gasteiger charge is 2.35. The number of halogens is 3. The Morgan fingerprint density at radius 1 is 1.12 bits per heavy atom. The Hall–Kier alpha value is -3.29. The quantitative estimate of drug-likeness (QED) is 0.530. The number of amides is 1. The summed E-state index contributed by atoms with van der Waals surface area (Å²) < 4.78 is 71.8. The van der Waals surface area contributed by atoms with Gasteiger partial charge in [0.2, 0.25) is 0 Å². The summed E-state index contributed by atoms with van der Waals surface area (Å²) in [6.07, 6.45) is -1.10. The van der Waals surface area contributed by atoms with Crippen LogP contribution in [0, 0.1) is 6.92 Å². The molecule has 0 radical (unpaired) electrons.